The van der Waals surface area contributed by atoms with Crippen LogP contribution in [0.1, 0.15) is 45.7 Å². The maximum Gasteiger partial charge on any atom is 0.275 e. The van der Waals surface area contributed by atoms with Crippen molar-refractivity contribution in [3.8, 4) is 5.75 Å². The Morgan fingerprint density at radius 1 is 1.19 bits per heavy atom. The molecule has 168 valence electrons. The zero-order chi connectivity index (χ0) is 22.7. The number of thioether (sulfide) groups is 1. The van der Waals surface area contributed by atoms with Crippen LogP contribution < -0.4 is 10.7 Å². The van der Waals surface area contributed by atoms with Crippen LogP contribution in [0.25, 0.3) is 0 Å². The molecule has 0 spiro atoms. The molecule has 3 aliphatic rings. The molecule has 7 nitrogen and oxygen atoms in total. The zero-order valence-electron chi connectivity index (χ0n) is 16.6. The van der Waals surface area contributed by atoms with Crippen molar-refractivity contribution in [2.45, 2.75) is 49.0 Å². The number of fused-ring (bicyclic) bond motifs is 4. The molecule has 0 radical (unpaired) electrons. The van der Waals surface area contributed by atoms with E-state index in [2.05, 4.69) is 5.32 Å². The lowest BCUT2D eigenvalue weighted by molar-refractivity contribution is 0.0611. The van der Waals surface area contributed by atoms with Crippen LogP contribution in [0.15, 0.2) is 23.1 Å². The number of halogens is 3. The monoisotopic (exact) mass is 465 g/mol. The Balaban J connectivity index is 1.43. The quantitative estimate of drug-likeness (QED) is 0.726. The minimum atomic E-state index is -1.18. The molecular formula is C21H18F3N3O4S. The van der Waals surface area contributed by atoms with Crippen molar-refractivity contribution in [3.05, 3.63) is 62.8 Å². The Bertz CT molecular complexity index is 1190. The maximum absolute atomic E-state index is 13.8. The number of benzene rings is 1. The molecule has 11 heteroatoms. The average Bonchev–Trinajstić information content (AvgIpc) is 3.30. The van der Waals surface area contributed by atoms with Crippen LogP contribution >= 0.6 is 11.8 Å². The molecule has 0 bridgehead atoms. The summed E-state index contributed by atoms with van der Waals surface area (Å²) in [4.78, 5) is 40.0. The summed E-state index contributed by atoms with van der Waals surface area (Å²) in [5, 5.41) is 12.8. The second kappa shape index (κ2) is 7.58. The highest BCUT2D eigenvalue weighted by molar-refractivity contribution is 8.00. The van der Waals surface area contributed by atoms with E-state index in [-0.39, 0.29) is 17.1 Å². The van der Waals surface area contributed by atoms with Gasteiger partial charge in [0.05, 0.1) is 11.9 Å². The van der Waals surface area contributed by atoms with Crippen molar-refractivity contribution in [1.29, 1.82) is 0 Å². The predicted molar refractivity (Wildman–Crippen MR) is 109 cm³/mol. The lowest BCUT2D eigenvalue weighted by Crippen LogP contribution is -2.49. The van der Waals surface area contributed by atoms with E-state index >= 15 is 0 Å². The number of hydrogen-bond donors (Lipinski definition) is 2. The number of aromatic hydroxyl groups is 1. The average molecular weight is 465 g/mol. The topological polar surface area (TPSA) is 91.6 Å². The molecule has 1 saturated heterocycles. The molecule has 1 aromatic carbocycles. The van der Waals surface area contributed by atoms with Crippen LogP contribution in [-0.4, -0.2) is 43.1 Å². The van der Waals surface area contributed by atoms with Crippen LogP contribution in [0.5, 0.6) is 5.75 Å². The number of carbonyl (C=O) groups is 2. The van der Waals surface area contributed by atoms with Gasteiger partial charge in [-0.2, -0.15) is 0 Å². The highest BCUT2D eigenvalue weighted by atomic mass is 32.2. The van der Waals surface area contributed by atoms with Crippen LogP contribution in [0.3, 0.4) is 0 Å². The molecule has 1 aliphatic carbocycles. The molecule has 2 aromatic rings. The molecule has 3 heterocycles. The minimum absolute atomic E-state index is 0.0734. The summed E-state index contributed by atoms with van der Waals surface area (Å²) < 4.78 is 42.1. The van der Waals surface area contributed by atoms with E-state index in [1.807, 2.05) is 0 Å². The summed E-state index contributed by atoms with van der Waals surface area (Å²) in [5.41, 5.74) is -2.23. The van der Waals surface area contributed by atoms with Crippen LogP contribution in [0.2, 0.25) is 0 Å². The standard InChI is InChI=1S/C21H18F3N3O4S/c22-9-4-12(23)10(13(24)5-9)6-25-20(30)11-7-26-8-16-27(14-2-1-3-15(14)32-16)21(31)17(26)19(29)18(11)28/h4-5,7,14-16,29H,1-3,6,8H2,(H,25,30)/t14-,15+,16?/m0/s1. The number of pyridine rings is 1. The zero-order valence-corrected chi connectivity index (χ0v) is 17.4. The van der Waals surface area contributed by atoms with Crippen molar-refractivity contribution in [2.24, 2.45) is 0 Å². The third-order valence-corrected chi connectivity index (χ3v) is 7.83. The van der Waals surface area contributed by atoms with E-state index in [4.69, 9.17) is 0 Å². The summed E-state index contributed by atoms with van der Waals surface area (Å²) in [5.74, 6) is -5.70. The summed E-state index contributed by atoms with van der Waals surface area (Å²) in [7, 11) is 0. The SMILES string of the molecule is O=C(NCc1c(F)cc(F)cc1F)c1cn2c(c(O)c1=O)C(=O)N1C(C2)S[C@@H]2CCC[C@@H]21. The van der Waals surface area contributed by atoms with Gasteiger partial charge in [-0.25, -0.2) is 13.2 Å². The first-order chi connectivity index (χ1) is 15.3. The normalized spacial score (nSPS) is 23.7. The molecule has 2 amide bonds. The van der Waals surface area contributed by atoms with Gasteiger partial charge >= 0.3 is 0 Å². The molecule has 2 fully saturated rings. The van der Waals surface area contributed by atoms with Crippen molar-refractivity contribution < 1.29 is 27.9 Å². The number of hydrogen-bond acceptors (Lipinski definition) is 5. The first-order valence-corrected chi connectivity index (χ1v) is 11.1. The van der Waals surface area contributed by atoms with Gasteiger partial charge in [0.1, 0.15) is 23.0 Å². The third kappa shape index (κ3) is 3.17. The van der Waals surface area contributed by atoms with Gasteiger partial charge in [0.25, 0.3) is 11.8 Å². The second-order valence-corrected chi connectivity index (χ2v) is 9.51. The molecule has 1 saturated carbocycles. The first-order valence-electron chi connectivity index (χ1n) is 10.1. The number of amides is 2. The van der Waals surface area contributed by atoms with Crippen LogP contribution in [0, 0.1) is 17.5 Å². The molecule has 1 unspecified atom stereocenters. The predicted octanol–water partition coefficient (Wildman–Crippen LogP) is 2.35. The summed E-state index contributed by atoms with van der Waals surface area (Å²) >= 11 is 1.68. The Kier molecular flexibility index (Phi) is 4.95. The van der Waals surface area contributed by atoms with E-state index < -0.39 is 58.1 Å². The fourth-order valence-corrected chi connectivity index (χ4v) is 6.54. The first kappa shape index (κ1) is 20.9. The lowest BCUT2D eigenvalue weighted by atomic mass is 10.1. The highest BCUT2D eigenvalue weighted by Crippen LogP contribution is 2.47. The third-order valence-electron chi connectivity index (χ3n) is 6.24. The van der Waals surface area contributed by atoms with E-state index in [0.29, 0.717) is 23.9 Å². The summed E-state index contributed by atoms with van der Waals surface area (Å²) in [6.07, 6.45) is 4.08. The highest BCUT2D eigenvalue weighted by Gasteiger charge is 2.50. The number of aromatic nitrogens is 1. The van der Waals surface area contributed by atoms with Crippen LogP contribution in [-0.2, 0) is 13.1 Å². The second-order valence-electron chi connectivity index (χ2n) is 8.09. The van der Waals surface area contributed by atoms with E-state index in [0.717, 1.165) is 19.3 Å². The Morgan fingerprint density at radius 3 is 2.62 bits per heavy atom. The number of nitrogens with zero attached hydrogens (tertiary/aromatic N) is 2. The smallest absolute Gasteiger partial charge is 0.275 e. The summed E-state index contributed by atoms with van der Waals surface area (Å²) in [6, 6.07) is 1.04. The van der Waals surface area contributed by atoms with E-state index in [1.54, 1.807) is 16.7 Å². The molecular weight excluding hydrogens is 447 g/mol. The van der Waals surface area contributed by atoms with Gasteiger partial charge in [-0.3, -0.25) is 14.4 Å². The Labute approximate surface area is 184 Å². The fourth-order valence-electron chi connectivity index (χ4n) is 4.75. The van der Waals surface area contributed by atoms with Crippen molar-refractivity contribution in [2.75, 3.05) is 0 Å². The van der Waals surface area contributed by atoms with Crippen LogP contribution in [0.4, 0.5) is 13.2 Å². The summed E-state index contributed by atoms with van der Waals surface area (Å²) in [6.45, 7) is -0.332. The molecule has 3 atom stereocenters. The van der Waals surface area contributed by atoms with Gasteiger partial charge in [-0.05, 0) is 12.8 Å². The largest absolute Gasteiger partial charge is 0.503 e. The van der Waals surface area contributed by atoms with Gasteiger partial charge < -0.3 is 19.9 Å². The Morgan fingerprint density at radius 2 is 1.91 bits per heavy atom. The van der Waals surface area contributed by atoms with Gasteiger partial charge in [0, 0.05) is 41.7 Å². The van der Waals surface area contributed by atoms with Gasteiger partial charge in [-0.1, -0.05) is 6.42 Å². The van der Waals surface area contributed by atoms with Gasteiger partial charge in [-0.15, -0.1) is 11.8 Å². The van der Waals surface area contributed by atoms with Gasteiger partial charge in [0.15, 0.2) is 11.4 Å². The minimum Gasteiger partial charge on any atom is -0.503 e. The number of rotatable bonds is 3. The van der Waals surface area contributed by atoms with E-state index in [1.165, 1.54) is 10.8 Å². The molecule has 5 rings (SSSR count). The fraction of sp³-hybridized carbons (Fsp3) is 0.381. The Hall–Kier alpha value is -2.95. The molecule has 1 aromatic heterocycles. The maximum atomic E-state index is 13.8. The molecule has 2 aliphatic heterocycles. The van der Waals surface area contributed by atoms with Gasteiger partial charge in [0.2, 0.25) is 5.43 Å². The molecule has 32 heavy (non-hydrogen) atoms. The van der Waals surface area contributed by atoms with E-state index in [9.17, 15) is 32.7 Å². The number of nitrogens with one attached hydrogen (secondary N) is 1. The number of carbonyl (C=O) groups excluding carboxylic acids is 2. The van der Waals surface area contributed by atoms with Crippen molar-refractivity contribution >= 4 is 23.6 Å². The van der Waals surface area contributed by atoms with Crippen molar-refractivity contribution in [3.63, 3.8) is 0 Å². The molecule has 2 N–H and O–H groups in total. The lowest BCUT2D eigenvalue weighted by Gasteiger charge is -2.35. The van der Waals surface area contributed by atoms with Crippen molar-refractivity contribution in [1.82, 2.24) is 14.8 Å².